The highest BCUT2D eigenvalue weighted by atomic mass is 35.5. The number of amides is 1. The smallest absolute Gasteiger partial charge is 0.266 e. The largest absolute Gasteiger partial charge is 0.287 e. The van der Waals surface area contributed by atoms with E-state index < -0.39 is 15.9 Å². The average molecular weight is 474 g/mol. The molecule has 0 radical (unpaired) electrons. The van der Waals surface area contributed by atoms with E-state index in [1.54, 1.807) is 32.9 Å². The molecule has 0 aliphatic rings. The average Bonchev–Trinajstić information content (AvgIpc) is 3.01. The molecule has 1 heterocycles. The van der Waals surface area contributed by atoms with Gasteiger partial charge in [-0.05, 0) is 50.1 Å². The summed E-state index contributed by atoms with van der Waals surface area (Å²) in [7, 11) is -4.09. The number of hydrogen-bond acceptors (Lipinski definition) is 5. The second-order valence-electron chi connectivity index (χ2n) is 6.36. The topological polar surface area (TPSA) is 93.9 Å². The van der Waals surface area contributed by atoms with Gasteiger partial charge >= 0.3 is 0 Å². The molecule has 11 heteroatoms. The van der Waals surface area contributed by atoms with E-state index in [-0.39, 0.29) is 31.4 Å². The van der Waals surface area contributed by atoms with Crippen LogP contribution in [0.25, 0.3) is 5.69 Å². The maximum absolute atomic E-state index is 12.7. The lowest BCUT2D eigenvalue weighted by atomic mass is 10.2. The number of hydrogen-bond donors (Lipinski definition) is 1. The summed E-state index contributed by atoms with van der Waals surface area (Å²) in [6, 6.07) is 7.86. The molecular weight excluding hydrogens is 459 g/mol. The van der Waals surface area contributed by atoms with Crippen molar-refractivity contribution in [2.75, 3.05) is 0 Å². The third kappa shape index (κ3) is 4.25. The van der Waals surface area contributed by atoms with Crippen LogP contribution >= 0.6 is 34.8 Å². The zero-order valence-electron chi connectivity index (χ0n) is 15.5. The van der Waals surface area contributed by atoms with Crippen molar-refractivity contribution < 1.29 is 13.2 Å². The Bertz CT molecular complexity index is 1240. The summed E-state index contributed by atoms with van der Waals surface area (Å²) < 4.78 is 28.7. The minimum Gasteiger partial charge on any atom is -0.266 e. The van der Waals surface area contributed by atoms with Crippen LogP contribution in [0.15, 0.2) is 35.2 Å². The number of carbonyl (C=O) groups excluding carboxylic acids is 1. The second kappa shape index (κ2) is 7.95. The van der Waals surface area contributed by atoms with Gasteiger partial charge in [-0.25, -0.2) is 17.8 Å². The van der Waals surface area contributed by atoms with Crippen LogP contribution in [0, 0.1) is 20.8 Å². The quantitative estimate of drug-likeness (QED) is 0.571. The van der Waals surface area contributed by atoms with Gasteiger partial charge in [0, 0.05) is 0 Å². The molecule has 0 saturated heterocycles. The molecule has 0 bridgehead atoms. The van der Waals surface area contributed by atoms with Crippen molar-refractivity contribution in [2.45, 2.75) is 25.7 Å². The third-order valence-electron chi connectivity index (χ3n) is 4.19. The first-order chi connectivity index (χ1) is 13.5. The van der Waals surface area contributed by atoms with Crippen molar-refractivity contribution in [3.05, 3.63) is 67.9 Å². The number of nitrogens with zero attached hydrogens (tertiary/aromatic N) is 3. The number of aromatic nitrogens is 3. The number of benzene rings is 2. The highest BCUT2D eigenvalue weighted by molar-refractivity contribution is 7.90. The molecule has 3 aromatic rings. The monoisotopic (exact) mass is 472 g/mol. The summed E-state index contributed by atoms with van der Waals surface area (Å²) in [6.45, 7) is 4.96. The van der Waals surface area contributed by atoms with Crippen LogP contribution in [0.2, 0.25) is 15.1 Å². The van der Waals surface area contributed by atoms with Gasteiger partial charge in [0.25, 0.3) is 15.9 Å². The first kappa shape index (κ1) is 21.6. The van der Waals surface area contributed by atoms with Crippen molar-refractivity contribution in [3.8, 4) is 5.69 Å². The Hall–Kier alpha value is -2.13. The Morgan fingerprint density at radius 1 is 1.00 bits per heavy atom. The molecule has 7 nitrogen and oxygen atoms in total. The first-order valence-corrected chi connectivity index (χ1v) is 10.8. The van der Waals surface area contributed by atoms with Crippen molar-refractivity contribution >= 4 is 50.7 Å². The van der Waals surface area contributed by atoms with Crippen LogP contribution in [0.1, 0.15) is 27.3 Å². The van der Waals surface area contributed by atoms with E-state index in [1.807, 2.05) is 4.72 Å². The maximum atomic E-state index is 12.7. The molecule has 3 rings (SSSR count). The summed E-state index contributed by atoms with van der Waals surface area (Å²) in [5, 5.41) is 8.44. The first-order valence-electron chi connectivity index (χ1n) is 8.23. The van der Waals surface area contributed by atoms with Crippen LogP contribution < -0.4 is 4.72 Å². The number of halogens is 3. The highest BCUT2D eigenvalue weighted by Crippen LogP contribution is 2.31. The van der Waals surface area contributed by atoms with Gasteiger partial charge < -0.3 is 0 Å². The van der Waals surface area contributed by atoms with Crippen molar-refractivity contribution in [1.29, 1.82) is 0 Å². The molecule has 0 unspecified atom stereocenters. The third-order valence-corrected chi connectivity index (χ3v) is 6.69. The van der Waals surface area contributed by atoms with Gasteiger partial charge in [0.15, 0.2) is 5.69 Å². The Balaban J connectivity index is 1.96. The van der Waals surface area contributed by atoms with E-state index in [2.05, 4.69) is 10.3 Å². The number of aryl methyl sites for hydroxylation is 2. The number of carbonyl (C=O) groups is 1. The normalized spacial score (nSPS) is 11.5. The van der Waals surface area contributed by atoms with E-state index in [0.717, 1.165) is 5.56 Å². The fourth-order valence-electron chi connectivity index (χ4n) is 2.66. The summed E-state index contributed by atoms with van der Waals surface area (Å²) in [5.74, 6) is -0.911. The summed E-state index contributed by atoms with van der Waals surface area (Å²) in [6.07, 6.45) is 0. The maximum Gasteiger partial charge on any atom is 0.287 e. The minimum absolute atomic E-state index is 0.0171. The highest BCUT2D eigenvalue weighted by Gasteiger charge is 2.25. The lowest BCUT2D eigenvalue weighted by Gasteiger charge is -2.10. The molecule has 2 aromatic carbocycles. The van der Waals surface area contributed by atoms with Crippen molar-refractivity contribution in [2.24, 2.45) is 0 Å². The summed E-state index contributed by atoms with van der Waals surface area (Å²) >= 11 is 18.1. The Morgan fingerprint density at radius 3 is 2.34 bits per heavy atom. The van der Waals surface area contributed by atoms with E-state index in [0.29, 0.717) is 11.3 Å². The fourth-order valence-corrected chi connectivity index (χ4v) is 4.57. The van der Waals surface area contributed by atoms with E-state index in [9.17, 15) is 13.2 Å². The Kier molecular flexibility index (Phi) is 5.91. The minimum atomic E-state index is -4.09. The zero-order valence-corrected chi connectivity index (χ0v) is 18.6. The molecule has 152 valence electrons. The lowest BCUT2D eigenvalue weighted by Crippen LogP contribution is -2.32. The molecule has 0 atom stereocenters. The molecule has 1 aromatic heterocycles. The molecule has 0 saturated carbocycles. The number of sulfonamides is 1. The SMILES string of the molecule is Cc1ccc(C)c(S(=O)(=O)NC(=O)c2nnn(-c3cc(Cl)c(Cl)cc3Cl)c2C)c1. The number of rotatable bonds is 4. The van der Waals surface area contributed by atoms with E-state index in [4.69, 9.17) is 34.8 Å². The Morgan fingerprint density at radius 2 is 1.66 bits per heavy atom. The van der Waals surface area contributed by atoms with Gasteiger partial charge in [0.1, 0.15) is 0 Å². The zero-order chi connectivity index (χ0) is 21.5. The van der Waals surface area contributed by atoms with Gasteiger partial charge in [0.2, 0.25) is 0 Å². The lowest BCUT2D eigenvalue weighted by molar-refractivity contribution is 0.0976. The summed E-state index contributed by atoms with van der Waals surface area (Å²) in [4.78, 5) is 12.6. The summed E-state index contributed by atoms with van der Waals surface area (Å²) in [5.41, 5.74) is 1.72. The van der Waals surface area contributed by atoms with Gasteiger partial charge in [0.05, 0.1) is 31.3 Å². The molecule has 0 fully saturated rings. The van der Waals surface area contributed by atoms with E-state index >= 15 is 0 Å². The van der Waals surface area contributed by atoms with E-state index in [1.165, 1.54) is 22.9 Å². The molecule has 0 aliphatic carbocycles. The molecule has 1 amide bonds. The van der Waals surface area contributed by atoms with Crippen molar-refractivity contribution in [3.63, 3.8) is 0 Å². The van der Waals surface area contributed by atoms with Crippen LogP contribution in [0.3, 0.4) is 0 Å². The number of nitrogens with one attached hydrogen (secondary N) is 1. The predicted molar refractivity (Wildman–Crippen MR) is 112 cm³/mol. The molecular formula is C18H15Cl3N4O3S. The van der Waals surface area contributed by atoms with Crippen LogP contribution in [0.4, 0.5) is 0 Å². The van der Waals surface area contributed by atoms with Crippen LogP contribution in [-0.4, -0.2) is 29.3 Å². The van der Waals surface area contributed by atoms with Crippen LogP contribution in [-0.2, 0) is 10.0 Å². The molecule has 0 aliphatic heterocycles. The van der Waals surface area contributed by atoms with Crippen molar-refractivity contribution in [1.82, 2.24) is 19.7 Å². The molecule has 29 heavy (non-hydrogen) atoms. The second-order valence-corrected chi connectivity index (χ2v) is 9.23. The predicted octanol–water partition coefficient (Wildman–Crippen LogP) is 4.27. The molecule has 1 N–H and O–H groups in total. The van der Waals surface area contributed by atoms with Crippen LogP contribution in [0.5, 0.6) is 0 Å². The standard InChI is InChI=1S/C18H15Cl3N4O3S/c1-9-4-5-10(2)16(6-9)29(27,28)23-18(26)17-11(3)25(24-22-17)15-8-13(20)12(19)7-14(15)21/h4-8H,1-3H3,(H,23,26). The van der Waals surface area contributed by atoms with Gasteiger partial charge in [-0.1, -0.05) is 52.1 Å². The van der Waals surface area contributed by atoms with Gasteiger partial charge in [-0.2, -0.15) is 0 Å². The van der Waals surface area contributed by atoms with Gasteiger partial charge in [-0.3, -0.25) is 4.79 Å². The Labute approximate surface area is 182 Å². The fraction of sp³-hybridized carbons (Fsp3) is 0.167. The molecule has 0 spiro atoms. The van der Waals surface area contributed by atoms with Gasteiger partial charge in [-0.15, -0.1) is 5.10 Å².